The van der Waals surface area contributed by atoms with Gasteiger partial charge in [-0.2, -0.15) is 0 Å². The molecule has 2 aliphatic carbocycles. The van der Waals surface area contributed by atoms with E-state index >= 15 is 0 Å². The van der Waals surface area contributed by atoms with E-state index in [1.54, 1.807) is 22.3 Å². The Labute approximate surface area is 299 Å². The molecule has 4 bridgehead atoms. The standard InChI is InChI=1S/C42H60N6O2/c1-2-30(44-42(50)46-32-17-13-29(14-18-32)24-26-48-39-21-22-40(48)36-10-6-5-9-35(36)39)27-43-41(49)45-31-15-11-28(12-16-31)23-25-47-37-19-20-38(47)34-8-4-3-7-33(34)37/h3-10,28-32,37-40H,2,11-27H2,1H3,(H2,43,45,49)(H2,44,46,50)/t28?,29?,30?,31?,32?,37-,38+,39-,40+. The van der Waals surface area contributed by atoms with Gasteiger partial charge >= 0.3 is 12.1 Å². The average Bonchev–Trinajstić information content (AvgIpc) is 3.91. The lowest BCUT2D eigenvalue weighted by molar-refractivity contribution is 0.184. The van der Waals surface area contributed by atoms with E-state index in [2.05, 4.69) is 86.5 Å². The van der Waals surface area contributed by atoms with Crippen molar-refractivity contribution in [1.29, 1.82) is 0 Å². The maximum Gasteiger partial charge on any atom is 0.315 e. The van der Waals surface area contributed by atoms with Crippen molar-refractivity contribution < 1.29 is 9.59 Å². The lowest BCUT2D eigenvalue weighted by Crippen LogP contribution is -2.52. The van der Waals surface area contributed by atoms with Crippen molar-refractivity contribution in [3.05, 3.63) is 70.8 Å². The summed E-state index contributed by atoms with van der Waals surface area (Å²) >= 11 is 0. The third-order valence-corrected chi connectivity index (χ3v) is 13.7. The first-order valence-electron chi connectivity index (χ1n) is 20.3. The van der Waals surface area contributed by atoms with Gasteiger partial charge in [0.15, 0.2) is 0 Å². The van der Waals surface area contributed by atoms with Crippen molar-refractivity contribution in [1.82, 2.24) is 31.1 Å². The van der Waals surface area contributed by atoms with E-state index in [4.69, 9.17) is 0 Å². The highest BCUT2D eigenvalue weighted by atomic mass is 16.2. The van der Waals surface area contributed by atoms with Gasteiger partial charge in [-0.05, 0) is 143 Å². The first kappa shape index (κ1) is 34.0. The van der Waals surface area contributed by atoms with Gasteiger partial charge in [0.2, 0.25) is 0 Å². The molecule has 4 N–H and O–H groups in total. The van der Waals surface area contributed by atoms with Crippen molar-refractivity contribution >= 4 is 12.1 Å². The van der Waals surface area contributed by atoms with Crippen LogP contribution in [0.5, 0.6) is 0 Å². The zero-order valence-electron chi connectivity index (χ0n) is 30.3. The molecule has 0 aromatic heterocycles. The van der Waals surface area contributed by atoms with Crippen molar-refractivity contribution in [2.45, 2.75) is 146 Å². The molecule has 6 aliphatic rings. The zero-order valence-corrected chi connectivity index (χ0v) is 30.3. The first-order valence-corrected chi connectivity index (χ1v) is 20.3. The maximum absolute atomic E-state index is 12.9. The van der Waals surface area contributed by atoms with Gasteiger partial charge in [-0.3, -0.25) is 9.80 Å². The monoisotopic (exact) mass is 680 g/mol. The van der Waals surface area contributed by atoms with Crippen molar-refractivity contribution in [2.75, 3.05) is 19.6 Å². The molecule has 2 aromatic rings. The Bertz CT molecular complexity index is 1420. The van der Waals surface area contributed by atoms with Crippen molar-refractivity contribution in [3.63, 3.8) is 0 Å². The Morgan fingerprint density at radius 3 is 1.40 bits per heavy atom. The zero-order chi connectivity index (χ0) is 34.0. The summed E-state index contributed by atoms with van der Waals surface area (Å²) in [4.78, 5) is 31.3. The minimum absolute atomic E-state index is 0.0835. The fourth-order valence-corrected chi connectivity index (χ4v) is 10.9. The molecule has 4 fully saturated rings. The van der Waals surface area contributed by atoms with Crippen LogP contribution < -0.4 is 21.3 Å². The van der Waals surface area contributed by atoms with Crippen LogP contribution in [-0.2, 0) is 0 Å². The lowest BCUT2D eigenvalue weighted by Gasteiger charge is -2.32. The molecule has 8 rings (SSSR count). The number of nitrogens with one attached hydrogen (secondary N) is 4. The first-order chi connectivity index (χ1) is 24.5. The Hall–Kier alpha value is -3.10. The molecule has 4 heterocycles. The number of nitrogens with zero attached hydrogens (tertiary/aromatic N) is 2. The topological polar surface area (TPSA) is 88.7 Å². The summed E-state index contributed by atoms with van der Waals surface area (Å²) in [6.45, 7) is 4.90. The molecule has 5 atom stereocenters. The third-order valence-electron chi connectivity index (χ3n) is 13.7. The number of benzene rings is 2. The molecule has 8 heteroatoms. The third kappa shape index (κ3) is 7.16. The molecule has 2 aromatic carbocycles. The van der Waals surface area contributed by atoms with Gasteiger partial charge in [-0.25, -0.2) is 9.59 Å². The van der Waals surface area contributed by atoms with Gasteiger partial charge in [0.25, 0.3) is 0 Å². The fourth-order valence-electron chi connectivity index (χ4n) is 10.9. The van der Waals surface area contributed by atoms with Crippen molar-refractivity contribution in [2.24, 2.45) is 11.8 Å². The van der Waals surface area contributed by atoms with Crippen LogP contribution >= 0.6 is 0 Å². The molecule has 2 saturated heterocycles. The highest BCUT2D eigenvalue weighted by Gasteiger charge is 2.44. The number of urea groups is 2. The highest BCUT2D eigenvalue weighted by molar-refractivity contribution is 5.75. The van der Waals surface area contributed by atoms with Crippen LogP contribution in [0.4, 0.5) is 9.59 Å². The summed E-state index contributed by atoms with van der Waals surface area (Å²) in [6.07, 6.45) is 17.5. The number of hydrogen-bond donors (Lipinski definition) is 4. The molecule has 8 nitrogen and oxygen atoms in total. The second-order valence-electron chi connectivity index (χ2n) is 16.5. The van der Waals surface area contributed by atoms with Gasteiger partial charge in [0.05, 0.1) is 0 Å². The maximum atomic E-state index is 12.9. The molecular weight excluding hydrogens is 621 g/mol. The summed E-state index contributed by atoms with van der Waals surface area (Å²) in [5.74, 6) is 1.51. The number of carbonyl (C=O) groups excluding carboxylic acids is 2. The van der Waals surface area contributed by atoms with Crippen molar-refractivity contribution in [3.8, 4) is 0 Å². The Morgan fingerprint density at radius 1 is 0.600 bits per heavy atom. The SMILES string of the molecule is CCC(CNC(=O)NC1CCC(CCN2[C@@H]3CC[C@H]2c2ccccc23)CC1)NC(=O)NC1CCC(CCN2[C@@H]3CC[C@H]2c2ccccc23)CC1. The fraction of sp³-hybridized carbons (Fsp3) is 0.667. The van der Waals surface area contributed by atoms with E-state index in [1.807, 2.05) is 0 Å². The number of rotatable bonds is 12. The quantitative estimate of drug-likeness (QED) is 0.183. The van der Waals surface area contributed by atoms with Crippen LogP contribution in [0.15, 0.2) is 48.5 Å². The number of carbonyl (C=O) groups is 2. The molecule has 2 saturated carbocycles. The average molecular weight is 681 g/mol. The molecule has 50 heavy (non-hydrogen) atoms. The highest BCUT2D eigenvalue weighted by Crippen LogP contribution is 2.54. The molecule has 4 aliphatic heterocycles. The van der Waals surface area contributed by atoms with Crippen LogP contribution in [0.1, 0.15) is 150 Å². The van der Waals surface area contributed by atoms with Crippen LogP contribution in [-0.4, -0.2) is 59.6 Å². The predicted octanol–water partition coefficient (Wildman–Crippen LogP) is 8.04. The summed E-state index contributed by atoms with van der Waals surface area (Å²) in [5, 5.41) is 12.6. The summed E-state index contributed by atoms with van der Waals surface area (Å²) < 4.78 is 0. The van der Waals surface area contributed by atoms with Crippen LogP contribution in [0.3, 0.4) is 0 Å². The molecule has 0 radical (unpaired) electrons. The van der Waals surface area contributed by atoms with Crippen LogP contribution in [0.25, 0.3) is 0 Å². The number of fused-ring (bicyclic) bond motifs is 10. The predicted molar refractivity (Wildman–Crippen MR) is 199 cm³/mol. The van der Waals surface area contributed by atoms with E-state index in [-0.39, 0.29) is 30.2 Å². The van der Waals surface area contributed by atoms with E-state index < -0.39 is 0 Å². The summed E-state index contributed by atoms with van der Waals surface area (Å²) in [5.41, 5.74) is 6.29. The minimum Gasteiger partial charge on any atom is -0.336 e. The molecule has 270 valence electrons. The normalized spacial score (nSPS) is 31.9. The van der Waals surface area contributed by atoms with E-state index in [0.717, 1.165) is 43.9 Å². The van der Waals surface area contributed by atoms with Gasteiger partial charge in [-0.1, -0.05) is 55.5 Å². The summed E-state index contributed by atoms with van der Waals surface area (Å²) in [7, 11) is 0. The second kappa shape index (κ2) is 15.2. The minimum atomic E-state index is -0.107. The van der Waals surface area contributed by atoms with Crippen LogP contribution in [0, 0.1) is 11.8 Å². The largest absolute Gasteiger partial charge is 0.336 e. The lowest BCUT2D eigenvalue weighted by atomic mass is 9.84. The smallest absolute Gasteiger partial charge is 0.315 e. The van der Waals surface area contributed by atoms with E-state index in [9.17, 15) is 9.59 Å². The summed E-state index contributed by atoms with van der Waals surface area (Å²) in [6, 6.07) is 20.9. The molecular formula is C42H60N6O2. The number of amides is 4. The van der Waals surface area contributed by atoms with Gasteiger partial charge in [0.1, 0.15) is 0 Å². The Balaban J connectivity index is 0.683. The number of hydrogen-bond acceptors (Lipinski definition) is 4. The van der Waals surface area contributed by atoms with E-state index in [0.29, 0.717) is 30.7 Å². The van der Waals surface area contributed by atoms with Gasteiger partial charge < -0.3 is 21.3 Å². The van der Waals surface area contributed by atoms with E-state index in [1.165, 1.54) is 77.3 Å². The van der Waals surface area contributed by atoms with Gasteiger partial charge in [0, 0.05) is 48.8 Å². The van der Waals surface area contributed by atoms with Gasteiger partial charge in [-0.15, -0.1) is 0 Å². The Kier molecular flexibility index (Phi) is 10.4. The second-order valence-corrected chi connectivity index (χ2v) is 16.5. The van der Waals surface area contributed by atoms with Crippen LogP contribution in [0.2, 0.25) is 0 Å². The molecule has 4 amide bonds. The Morgan fingerprint density at radius 2 is 1.00 bits per heavy atom. The molecule has 1 unspecified atom stereocenters. The molecule has 0 spiro atoms.